The summed E-state index contributed by atoms with van der Waals surface area (Å²) < 4.78 is 40.9. The zero-order valence-corrected chi connectivity index (χ0v) is 11.3. The van der Waals surface area contributed by atoms with Crippen molar-refractivity contribution in [3.8, 4) is 11.8 Å². The van der Waals surface area contributed by atoms with Crippen molar-refractivity contribution < 1.29 is 17.9 Å². The number of hydrogen-bond donors (Lipinski definition) is 1. The number of anilines is 1. The first kappa shape index (κ1) is 15.6. The standard InChI is InChI=1S/C14H11F3N4O/c15-14(16,17)22-12-4-2-1-3-10(12)7-8-19-13-6-5-11(9-18)20-21-13/h1-6H,7-8H2,(H,19,21). The molecule has 0 unspecified atom stereocenters. The van der Waals surface area contributed by atoms with Gasteiger partial charge in [0.25, 0.3) is 0 Å². The van der Waals surface area contributed by atoms with E-state index < -0.39 is 6.36 Å². The van der Waals surface area contributed by atoms with Crippen molar-refractivity contribution in [3.05, 3.63) is 47.7 Å². The molecular weight excluding hydrogens is 297 g/mol. The Balaban J connectivity index is 1.95. The van der Waals surface area contributed by atoms with E-state index in [0.29, 0.717) is 24.3 Å². The van der Waals surface area contributed by atoms with Gasteiger partial charge in [-0.15, -0.1) is 23.4 Å². The van der Waals surface area contributed by atoms with E-state index in [2.05, 4.69) is 20.3 Å². The molecule has 0 amide bonds. The lowest BCUT2D eigenvalue weighted by atomic mass is 10.1. The van der Waals surface area contributed by atoms with Gasteiger partial charge in [-0.3, -0.25) is 0 Å². The summed E-state index contributed by atoms with van der Waals surface area (Å²) in [5.74, 6) is 0.218. The number of benzene rings is 1. The molecular formula is C14H11F3N4O. The highest BCUT2D eigenvalue weighted by Gasteiger charge is 2.31. The minimum atomic E-state index is -4.72. The molecule has 0 radical (unpaired) electrons. The largest absolute Gasteiger partial charge is 0.573 e. The van der Waals surface area contributed by atoms with Gasteiger partial charge in [-0.25, -0.2) is 0 Å². The maximum Gasteiger partial charge on any atom is 0.573 e. The molecule has 2 rings (SSSR count). The summed E-state index contributed by atoms with van der Waals surface area (Å²) in [6.45, 7) is 0.346. The fraction of sp³-hybridized carbons (Fsp3) is 0.214. The summed E-state index contributed by atoms with van der Waals surface area (Å²) in [6, 6.07) is 10.9. The minimum Gasteiger partial charge on any atom is -0.406 e. The quantitative estimate of drug-likeness (QED) is 0.919. The molecule has 5 nitrogen and oxygen atoms in total. The molecule has 1 heterocycles. The van der Waals surface area contributed by atoms with E-state index in [0.717, 1.165) is 0 Å². The molecule has 2 aromatic rings. The molecule has 0 atom stereocenters. The number of rotatable bonds is 5. The van der Waals surface area contributed by atoms with E-state index in [9.17, 15) is 13.2 Å². The molecule has 1 aromatic heterocycles. The van der Waals surface area contributed by atoms with E-state index in [1.54, 1.807) is 18.2 Å². The van der Waals surface area contributed by atoms with Crippen LogP contribution in [0.4, 0.5) is 19.0 Å². The van der Waals surface area contributed by atoms with E-state index in [4.69, 9.17) is 5.26 Å². The Morgan fingerprint density at radius 3 is 2.55 bits per heavy atom. The summed E-state index contributed by atoms with van der Waals surface area (Å²) in [6.07, 6.45) is -4.41. The van der Waals surface area contributed by atoms with Crippen LogP contribution in [0.25, 0.3) is 0 Å². The molecule has 0 bridgehead atoms. The lowest BCUT2D eigenvalue weighted by Gasteiger charge is -2.13. The van der Waals surface area contributed by atoms with E-state index in [-0.39, 0.29) is 11.4 Å². The van der Waals surface area contributed by atoms with Gasteiger partial charge in [0.15, 0.2) is 5.69 Å². The topological polar surface area (TPSA) is 70.8 Å². The maximum atomic E-state index is 12.3. The summed E-state index contributed by atoms with van der Waals surface area (Å²) >= 11 is 0. The maximum absolute atomic E-state index is 12.3. The molecule has 114 valence electrons. The molecule has 1 aromatic carbocycles. The average Bonchev–Trinajstić information content (AvgIpc) is 2.48. The van der Waals surface area contributed by atoms with Crippen LogP contribution in [-0.2, 0) is 6.42 Å². The summed E-state index contributed by atoms with van der Waals surface area (Å²) in [7, 11) is 0. The average molecular weight is 308 g/mol. The van der Waals surface area contributed by atoms with Gasteiger partial charge in [0, 0.05) is 6.54 Å². The van der Waals surface area contributed by atoms with Gasteiger partial charge in [-0.2, -0.15) is 5.26 Å². The Morgan fingerprint density at radius 2 is 1.91 bits per heavy atom. The SMILES string of the molecule is N#Cc1ccc(NCCc2ccccc2OC(F)(F)F)nn1. The van der Waals surface area contributed by atoms with Crippen LogP contribution in [0.2, 0.25) is 0 Å². The summed E-state index contributed by atoms with van der Waals surface area (Å²) in [5, 5.41) is 18.9. The fourth-order valence-electron chi connectivity index (χ4n) is 1.75. The Labute approximate surface area is 124 Å². The number of aromatic nitrogens is 2. The van der Waals surface area contributed by atoms with Crippen LogP contribution in [0.3, 0.4) is 0 Å². The van der Waals surface area contributed by atoms with Gasteiger partial charge in [0.1, 0.15) is 17.6 Å². The lowest BCUT2D eigenvalue weighted by Crippen LogP contribution is -2.18. The predicted octanol–water partition coefficient (Wildman–Crippen LogP) is 2.90. The van der Waals surface area contributed by atoms with Crippen LogP contribution in [0.15, 0.2) is 36.4 Å². The van der Waals surface area contributed by atoms with Gasteiger partial charge in [0.2, 0.25) is 0 Å². The molecule has 8 heteroatoms. The van der Waals surface area contributed by atoms with Crippen molar-refractivity contribution in [2.24, 2.45) is 0 Å². The molecule has 0 saturated carbocycles. The number of nitrogens with one attached hydrogen (secondary N) is 1. The zero-order chi connectivity index (χ0) is 16.0. The molecule has 0 aliphatic rings. The molecule has 0 spiro atoms. The molecule has 1 N–H and O–H groups in total. The van der Waals surface area contributed by atoms with E-state index in [1.165, 1.54) is 18.2 Å². The van der Waals surface area contributed by atoms with Crippen molar-refractivity contribution in [1.29, 1.82) is 5.26 Å². The van der Waals surface area contributed by atoms with Crippen molar-refractivity contribution in [2.45, 2.75) is 12.8 Å². The number of alkyl halides is 3. The normalized spacial score (nSPS) is 10.8. The highest BCUT2D eigenvalue weighted by molar-refractivity contribution is 5.37. The zero-order valence-electron chi connectivity index (χ0n) is 11.3. The molecule has 0 aliphatic carbocycles. The van der Waals surface area contributed by atoms with Crippen LogP contribution in [0.1, 0.15) is 11.3 Å². The summed E-state index contributed by atoms with van der Waals surface area (Å²) in [4.78, 5) is 0. The third-order valence-electron chi connectivity index (χ3n) is 2.68. The molecule has 0 fully saturated rings. The van der Waals surface area contributed by atoms with Crippen LogP contribution in [0.5, 0.6) is 5.75 Å². The first-order valence-electron chi connectivity index (χ1n) is 6.29. The highest BCUT2D eigenvalue weighted by atomic mass is 19.4. The first-order chi connectivity index (χ1) is 10.5. The minimum absolute atomic E-state index is 0.189. The number of halogens is 3. The molecule has 0 saturated heterocycles. The highest BCUT2D eigenvalue weighted by Crippen LogP contribution is 2.26. The third kappa shape index (κ3) is 4.63. The van der Waals surface area contributed by atoms with Crippen LogP contribution >= 0.6 is 0 Å². The van der Waals surface area contributed by atoms with Gasteiger partial charge < -0.3 is 10.1 Å². The predicted molar refractivity (Wildman–Crippen MR) is 72.1 cm³/mol. The second kappa shape index (κ2) is 6.76. The van der Waals surface area contributed by atoms with Crippen molar-refractivity contribution in [2.75, 3.05) is 11.9 Å². The lowest BCUT2D eigenvalue weighted by molar-refractivity contribution is -0.274. The van der Waals surface area contributed by atoms with Crippen molar-refractivity contribution >= 4 is 5.82 Å². The second-order valence-corrected chi connectivity index (χ2v) is 4.25. The number of hydrogen-bond acceptors (Lipinski definition) is 5. The van der Waals surface area contributed by atoms with Gasteiger partial charge in [0.05, 0.1) is 0 Å². The third-order valence-corrected chi connectivity index (χ3v) is 2.68. The van der Waals surface area contributed by atoms with E-state index in [1.807, 2.05) is 6.07 Å². The number of para-hydroxylation sites is 1. The Hall–Kier alpha value is -2.82. The number of nitrogens with zero attached hydrogens (tertiary/aromatic N) is 3. The number of ether oxygens (including phenoxy) is 1. The number of nitriles is 1. The molecule has 0 aliphatic heterocycles. The van der Waals surface area contributed by atoms with Gasteiger partial charge >= 0.3 is 6.36 Å². The second-order valence-electron chi connectivity index (χ2n) is 4.25. The fourth-order valence-corrected chi connectivity index (χ4v) is 1.75. The van der Waals surface area contributed by atoms with Crippen LogP contribution in [-0.4, -0.2) is 23.1 Å². The van der Waals surface area contributed by atoms with E-state index >= 15 is 0 Å². The summed E-state index contributed by atoms with van der Waals surface area (Å²) in [5.41, 5.74) is 0.614. The van der Waals surface area contributed by atoms with Gasteiger partial charge in [-0.1, -0.05) is 18.2 Å². The Kier molecular flexibility index (Phi) is 4.78. The van der Waals surface area contributed by atoms with Gasteiger partial charge in [-0.05, 0) is 30.2 Å². The Morgan fingerprint density at radius 1 is 1.14 bits per heavy atom. The molecule has 22 heavy (non-hydrogen) atoms. The van der Waals surface area contributed by atoms with Crippen LogP contribution in [0, 0.1) is 11.3 Å². The van der Waals surface area contributed by atoms with Crippen molar-refractivity contribution in [1.82, 2.24) is 10.2 Å². The monoisotopic (exact) mass is 308 g/mol. The van der Waals surface area contributed by atoms with Crippen LogP contribution < -0.4 is 10.1 Å². The first-order valence-corrected chi connectivity index (χ1v) is 6.29. The smallest absolute Gasteiger partial charge is 0.406 e. The van der Waals surface area contributed by atoms with Crippen molar-refractivity contribution in [3.63, 3.8) is 0 Å². The Bertz CT molecular complexity index is 665.